The molecule has 2 heterocycles. The molecule has 0 aliphatic rings. The molecule has 2 N–H and O–H groups in total. The first-order chi connectivity index (χ1) is 22.3. The molecule has 3 aromatic carbocycles. The zero-order chi connectivity index (χ0) is 32.5. The van der Waals surface area contributed by atoms with Crippen LogP contribution in [0, 0.1) is 6.92 Å². The average molecular weight is 643 g/mol. The van der Waals surface area contributed by atoms with E-state index in [1.807, 2.05) is 54.6 Å². The van der Waals surface area contributed by atoms with Crippen LogP contribution in [0.1, 0.15) is 39.2 Å². The quantitative estimate of drug-likeness (QED) is 0.0673. The van der Waals surface area contributed by atoms with Crippen LogP contribution in [0.3, 0.4) is 0 Å². The highest BCUT2D eigenvalue weighted by molar-refractivity contribution is 7.09. The van der Waals surface area contributed by atoms with Crippen molar-refractivity contribution in [3.05, 3.63) is 130 Å². The average Bonchev–Trinajstić information content (AvgIpc) is 3.51. The van der Waals surface area contributed by atoms with Crippen molar-refractivity contribution < 1.29 is 43.6 Å². The van der Waals surface area contributed by atoms with Crippen molar-refractivity contribution in [1.82, 2.24) is 4.98 Å². The Labute approximate surface area is 269 Å². The predicted octanol–water partition coefficient (Wildman–Crippen LogP) is 5.75. The van der Waals surface area contributed by atoms with Gasteiger partial charge in [-0.1, -0.05) is 59.8 Å². The monoisotopic (exact) mass is 642 g/mol. The van der Waals surface area contributed by atoms with Crippen LogP contribution < -0.4 is 23.7 Å². The van der Waals surface area contributed by atoms with Crippen LogP contribution in [0.4, 0.5) is 0 Å². The van der Waals surface area contributed by atoms with Crippen molar-refractivity contribution in [2.45, 2.75) is 26.2 Å². The Bertz CT molecular complexity index is 1790. The number of benzene rings is 3. The molecule has 2 aromatic heterocycles. The third-order valence-electron chi connectivity index (χ3n) is 6.82. The molecule has 0 amide bonds. The molecule has 5 rings (SSSR count). The number of hydrogen-bond donors (Lipinski definition) is 2. The van der Waals surface area contributed by atoms with Crippen molar-refractivity contribution >= 4 is 23.0 Å². The molecule has 236 valence electrons. The number of oxime groups is 1. The first kappa shape index (κ1) is 31.8. The van der Waals surface area contributed by atoms with Gasteiger partial charge in [0.05, 0.1) is 25.3 Å². The molecule has 0 saturated heterocycles. The maximum Gasteiger partial charge on any atom is 0.360 e. The normalized spacial score (nSPS) is 11.8. The van der Waals surface area contributed by atoms with Gasteiger partial charge in [0, 0.05) is 15.7 Å². The highest BCUT2D eigenvalue weighted by Gasteiger charge is 2.31. The van der Waals surface area contributed by atoms with E-state index in [1.165, 1.54) is 17.5 Å². The van der Waals surface area contributed by atoms with Gasteiger partial charge in [-0.05, 0) is 42.3 Å². The molecule has 46 heavy (non-hydrogen) atoms. The van der Waals surface area contributed by atoms with Crippen LogP contribution in [0.25, 0.3) is 0 Å². The van der Waals surface area contributed by atoms with E-state index in [-0.39, 0.29) is 36.1 Å². The zero-order valence-electron chi connectivity index (χ0n) is 25.3. The van der Waals surface area contributed by atoms with Crippen LogP contribution in [-0.2, 0) is 22.8 Å². The molecule has 1 atom stereocenters. The fourth-order valence-electron chi connectivity index (χ4n) is 4.39. The SMILES string of the molecule is COc1ccc(COc2cc(C(O/N=C(\C(=O)O)c3csc(C)n3)c3ccccc3)[n+](O)cc2OCc2ccc(OC)cc2)cc1. The third kappa shape index (κ3) is 7.90. The molecule has 0 spiro atoms. The number of thiazole rings is 1. The van der Waals surface area contributed by atoms with Crippen molar-refractivity contribution in [2.75, 3.05) is 14.2 Å². The summed E-state index contributed by atoms with van der Waals surface area (Å²) in [5.41, 5.74) is 2.34. The summed E-state index contributed by atoms with van der Waals surface area (Å²) in [5.74, 6) is 0.699. The minimum Gasteiger partial charge on any atom is -0.497 e. The van der Waals surface area contributed by atoms with Gasteiger partial charge in [-0.2, -0.15) is 0 Å². The van der Waals surface area contributed by atoms with Crippen LogP contribution in [0.5, 0.6) is 23.0 Å². The first-order valence-corrected chi connectivity index (χ1v) is 15.0. The lowest BCUT2D eigenvalue weighted by Crippen LogP contribution is -2.37. The Balaban J connectivity index is 1.51. The van der Waals surface area contributed by atoms with E-state index in [2.05, 4.69) is 10.1 Å². The Morgan fingerprint density at radius 3 is 2.00 bits per heavy atom. The fourth-order valence-corrected chi connectivity index (χ4v) is 4.99. The molecule has 0 saturated carbocycles. The Kier molecular flexibility index (Phi) is 10.3. The van der Waals surface area contributed by atoms with Gasteiger partial charge < -0.3 is 28.9 Å². The molecule has 0 aliphatic heterocycles. The Hall–Kier alpha value is -5.62. The van der Waals surface area contributed by atoms with Crippen molar-refractivity contribution in [3.63, 3.8) is 0 Å². The number of carbonyl (C=O) groups is 1. The Morgan fingerprint density at radius 2 is 1.48 bits per heavy atom. The van der Waals surface area contributed by atoms with E-state index in [4.69, 9.17) is 23.8 Å². The second-order valence-corrected chi connectivity index (χ2v) is 11.0. The number of pyridine rings is 1. The number of aryl methyl sites for hydroxylation is 1. The van der Waals surface area contributed by atoms with Gasteiger partial charge in [0.2, 0.25) is 17.6 Å². The van der Waals surface area contributed by atoms with Gasteiger partial charge in [0.1, 0.15) is 30.4 Å². The lowest BCUT2D eigenvalue weighted by molar-refractivity contribution is -0.911. The van der Waals surface area contributed by atoms with Gasteiger partial charge in [-0.25, -0.2) is 9.78 Å². The zero-order valence-corrected chi connectivity index (χ0v) is 26.1. The van der Waals surface area contributed by atoms with E-state index >= 15 is 0 Å². The summed E-state index contributed by atoms with van der Waals surface area (Å²) in [5, 5.41) is 27.4. The molecule has 11 nitrogen and oxygen atoms in total. The molecule has 0 fully saturated rings. The number of rotatable bonds is 14. The lowest BCUT2D eigenvalue weighted by atomic mass is 10.1. The number of aliphatic carboxylic acids is 1. The van der Waals surface area contributed by atoms with Crippen molar-refractivity contribution in [2.24, 2.45) is 5.16 Å². The predicted molar refractivity (Wildman–Crippen MR) is 169 cm³/mol. The summed E-state index contributed by atoms with van der Waals surface area (Å²) in [4.78, 5) is 22.2. The first-order valence-electron chi connectivity index (χ1n) is 14.1. The van der Waals surface area contributed by atoms with Gasteiger partial charge >= 0.3 is 5.97 Å². The second-order valence-electron chi connectivity index (χ2n) is 9.94. The van der Waals surface area contributed by atoms with Crippen molar-refractivity contribution in [3.8, 4) is 23.0 Å². The summed E-state index contributed by atoms with van der Waals surface area (Å²) in [6.45, 7) is 2.13. The topological polar surface area (TPSA) is 133 Å². The largest absolute Gasteiger partial charge is 0.497 e. The summed E-state index contributed by atoms with van der Waals surface area (Å²) in [7, 11) is 3.19. The minimum atomic E-state index is -1.31. The Morgan fingerprint density at radius 1 is 0.891 bits per heavy atom. The van der Waals surface area contributed by atoms with Crippen molar-refractivity contribution in [1.29, 1.82) is 0 Å². The van der Waals surface area contributed by atoms with E-state index in [9.17, 15) is 15.1 Å². The number of carboxylic acid groups (broad SMARTS) is 1. The number of nitrogens with zero attached hydrogens (tertiary/aromatic N) is 3. The minimum absolute atomic E-state index is 0.171. The number of methoxy groups -OCH3 is 2. The summed E-state index contributed by atoms with van der Waals surface area (Å²) < 4.78 is 23.7. The number of aromatic nitrogens is 2. The van der Waals surface area contributed by atoms with Gasteiger partial charge in [0.25, 0.3) is 11.9 Å². The molecule has 5 aromatic rings. The number of ether oxygens (including phenoxy) is 4. The van der Waals surface area contributed by atoms with Crippen LogP contribution in [0.2, 0.25) is 0 Å². The molecule has 0 aliphatic carbocycles. The summed E-state index contributed by atoms with van der Waals surface area (Å²) in [6, 6.07) is 25.4. The smallest absolute Gasteiger partial charge is 0.360 e. The van der Waals surface area contributed by atoms with E-state index in [0.29, 0.717) is 22.1 Å². The van der Waals surface area contributed by atoms with Gasteiger partial charge in [-0.3, -0.25) is 5.21 Å². The highest BCUT2D eigenvalue weighted by Crippen LogP contribution is 2.33. The standard InChI is InChI=1S/C34H31N3O8S/c1-22-35-28(21-46-22)32(34(38)39)36-45-33(25-7-5-4-6-8-25)29-17-30(43-19-23-9-13-26(41-2)14-10-23)31(18-37(29)40)44-20-24-11-15-27(42-3)16-12-24/h4-18,21,33H,19-20H2,1-3H3,(H-,38,39,40)/p+1/b36-32-. The second kappa shape index (κ2) is 14.9. The summed E-state index contributed by atoms with van der Waals surface area (Å²) in [6.07, 6.45) is 0.326. The maximum absolute atomic E-state index is 12.1. The van der Waals surface area contributed by atoms with Gasteiger partial charge in [-0.15, -0.1) is 11.3 Å². The van der Waals surface area contributed by atoms with E-state index < -0.39 is 12.1 Å². The highest BCUT2D eigenvalue weighted by atomic mass is 32.1. The third-order valence-corrected chi connectivity index (χ3v) is 7.59. The maximum atomic E-state index is 12.1. The molecular weight excluding hydrogens is 610 g/mol. The molecule has 0 radical (unpaired) electrons. The number of carboxylic acids is 1. The van der Waals surface area contributed by atoms with Gasteiger partial charge in [0.15, 0.2) is 5.75 Å². The van der Waals surface area contributed by atoms with Crippen LogP contribution in [-0.4, -0.2) is 41.2 Å². The summed E-state index contributed by atoms with van der Waals surface area (Å²) >= 11 is 1.29. The van der Waals surface area contributed by atoms with E-state index in [0.717, 1.165) is 21.6 Å². The molecular formula is C34H32N3O8S+. The number of hydrogen-bond acceptors (Lipinski definition) is 10. The van der Waals surface area contributed by atoms with Crippen LogP contribution >= 0.6 is 11.3 Å². The van der Waals surface area contributed by atoms with Crippen LogP contribution in [0.15, 0.2) is 102 Å². The molecule has 0 bridgehead atoms. The fraction of sp³-hybridized carbons (Fsp3) is 0.176. The molecule has 1 unspecified atom stereocenters. The molecule has 12 heteroatoms. The lowest BCUT2D eigenvalue weighted by Gasteiger charge is -2.16. The van der Waals surface area contributed by atoms with E-state index in [1.54, 1.807) is 56.9 Å².